The summed E-state index contributed by atoms with van der Waals surface area (Å²) in [6, 6.07) is 26.5. The molecule has 0 N–H and O–H groups in total. The molecule has 3 heteroatoms. The van der Waals surface area contributed by atoms with Crippen LogP contribution in [-0.2, 0) is 16.8 Å². The molecule has 1 aliphatic rings. The van der Waals surface area contributed by atoms with E-state index in [2.05, 4.69) is 48.5 Å². The molecule has 1 saturated carbocycles. The minimum atomic E-state index is -0.297. The van der Waals surface area contributed by atoms with Crippen LogP contribution < -0.4 is 4.74 Å². The van der Waals surface area contributed by atoms with Gasteiger partial charge in [-0.2, -0.15) is 0 Å². The van der Waals surface area contributed by atoms with Crippen LogP contribution >= 0.6 is 0 Å². The van der Waals surface area contributed by atoms with Gasteiger partial charge in [0.1, 0.15) is 12.4 Å². The Bertz CT molecular complexity index is 924. The molecule has 0 radical (unpaired) electrons. The van der Waals surface area contributed by atoms with Crippen LogP contribution in [0.1, 0.15) is 74.0 Å². The summed E-state index contributed by atoms with van der Waals surface area (Å²) < 4.78 is 10.7. The van der Waals surface area contributed by atoms with Crippen molar-refractivity contribution in [1.29, 1.82) is 0 Å². The molecule has 1 aliphatic carbocycles. The molecule has 0 aliphatic heterocycles. The largest absolute Gasteiger partial charge is 0.489 e. The topological polar surface area (TPSA) is 35.5 Å². The molecule has 0 unspecified atom stereocenters. The average Bonchev–Trinajstić information content (AvgIpc) is 2.86. The first-order valence-electron chi connectivity index (χ1n) is 11.7. The van der Waals surface area contributed by atoms with Gasteiger partial charge in [0.25, 0.3) is 0 Å². The number of benzene rings is 3. The van der Waals surface area contributed by atoms with Gasteiger partial charge in [0.15, 0.2) is 0 Å². The van der Waals surface area contributed by atoms with Gasteiger partial charge in [-0.3, -0.25) is 0 Å². The number of ether oxygens (including phenoxy) is 2. The summed E-state index contributed by atoms with van der Waals surface area (Å²) in [5, 5.41) is 0. The Morgan fingerprint density at radius 2 is 1.31 bits per heavy atom. The SMILES string of the molecule is CC.CC.COC(=O)c1ccc(C2(c3ccc(OCc4ccccc4)cc3)CCC2)cc1. The maximum Gasteiger partial charge on any atom is 0.337 e. The monoisotopic (exact) mass is 432 g/mol. The molecule has 0 amide bonds. The van der Waals surface area contributed by atoms with Gasteiger partial charge in [0.05, 0.1) is 12.7 Å². The minimum absolute atomic E-state index is 0.0343. The molecule has 4 rings (SSSR count). The summed E-state index contributed by atoms with van der Waals surface area (Å²) in [7, 11) is 1.41. The van der Waals surface area contributed by atoms with Crippen molar-refractivity contribution in [2.75, 3.05) is 7.11 Å². The summed E-state index contributed by atoms with van der Waals surface area (Å²) in [5.74, 6) is 0.581. The molecule has 1 fully saturated rings. The Morgan fingerprint density at radius 3 is 1.78 bits per heavy atom. The highest BCUT2D eigenvalue weighted by Crippen LogP contribution is 2.49. The van der Waals surface area contributed by atoms with E-state index in [9.17, 15) is 4.79 Å². The molecule has 0 spiro atoms. The fourth-order valence-corrected chi connectivity index (χ4v) is 3.93. The van der Waals surface area contributed by atoms with Crippen LogP contribution in [0.2, 0.25) is 0 Å². The molecule has 0 saturated heterocycles. The molecule has 0 aromatic heterocycles. The first-order valence-corrected chi connectivity index (χ1v) is 11.7. The fourth-order valence-electron chi connectivity index (χ4n) is 3.93. The first-order chi connectivity index (χ1) is 15.7. The zero-order chi connectivity index (χ0) is 23.4. The molecule has 170 valence electrons. The van der Waals surface area contributed by atoms with Crippen LogP contribution in [-0.4, -0.2) is 13.1 Å². The van der Waals surface area contributed by atoms with Crippen molar-refractivity contribution < 1.29 is 14.3 Å². The summed E-state index contributed by atoms with van der Waals surface area (Å²) in [4.78, 5) is 11.7. The molecule has 0 atom stereocenters. The van der Waals surface area contributed by atoms with Crippen LogP contribution in [0.3, 0.4) is 0 Å². The van der Waals surface area contributed by atoms with Gasteiger partial charge < -0.3 is 9.47 Å². The molecule has 3 aromatic rings. The zero-order valence-electron chi connectivity index (χ0n) is 20.1. The van der Waals surface area contributed by atoms with E-state index in [1.54, 1.807) is 0 Å². The van der Waals surface area contributed by atoms with Crippen molar-refractivity contribution in [3.8, 4) is 5.75 Å². The first kappa shape index (κ1) is 25.2. The van der Waals surface area contributed by atoms with Crippen LogP contribution in [0, 0.1) is 0 Å². The second-order valence-corrected chi connectivity index (χ2v) is 7.30. The van der Waals surface area contributed by atoms with Crippen molar-refractivity contribution >= 4 is 5.97 Å². The summed E-state index contributed by atoms with van der Waals surface area (Å²) in [6.45, 7) is 8.57. The predicted molar refractivity (Wildman–Crippen MR) is 132 cm³/mol. The Kier molecular flexibility index (Phi) is 10.0. The fraction of sp³-hybridized carbons (Fsp3) is 0.345. The summed E-state index contributed by atoms with van der Waals surface area (Å²) in [5.41, 5.74) is 4.34. The standard InChI is InChI=1S/C25H24O3.2C2H6/c1-27-24(26)20-8-10-21(11-9-20)25(16-5-17-25)22-12-14-23(15-13-22)28-18-19-6-3-2-4-7-19;2*1-2/h2-4,6-15H,5,16-18H2,1H3;2*1-2H3. The van der Waals surface area contributed by atoms with Crippen molar-refractivity contribution in [2.24, 2.45) is 0 Å². The van der Waals surface area contributed by atoms with Crippen LogP contribution in [0.25, 0.3) is 0 Å². The summed E-state index contributed by atoms with van der Waals surface area (Å²) >= 11 is 0. The van der Waals surface area contributed by atoms with E-state index < -0.39 is 0 Å². The van der Waals surface area contributed by atoms with Gasteiger partial charge in [0, 0.05) is 5.41 Å². The second kappa shape index (κ2) is 12.7. The Labute approximate surface area is 193 Å². The average molecular weight is 433 g/mol. The van der Waals surface area contributed by atoms with E-state index in [0.717, 1.165) is 24.2 Å². The third kappa shape index (κ3) is 5.79. The van der Waals surface area contributed by atoms with E-state index in [1.807, 2.05) is 58.0 Å². The van der Waals surface area contributed by atoms with E-state index in [0.29, 0.717) is 12.2 Å². The number of carbonyl (C=O) groups is 1. The van der Waals surface area contributed by atoms with Gasteiger partial charge >= 0.3 is 5.97 Å². The third-order valence-electron chi connectivity index (χ3n) is 5.72. The van der Waals surface area contributed by atoms with Gasteiger partial charge in [-0.05, 0) is 53.8 Å². The lowest BCUT2D eigenvalue weighted by molar-refractivity contribution is 0.0600. The van der Waals surface area contributed by atoms with Crippen molar-refractivity contribution in [2.45, 2.75) is 59.0 Å². The van der Waals surface area contributed by atoms with Gasteiger partial charge in [-0.25, -0.2) is 4.79 Å². The third-order valence-corrected chi connectivity index (χ3v) is 5.72. The van der Waals surface area contributed by atoms with Crippen molar-refractivity contribution in [3.05, 3.63) is 101 Å². The van der Waals surface area contributed by atoms with Gasteiger partial charge in [0.2, 0.25) is 0 Å². The second-order valence-electron chi connectivity index (χ2n) is 7.30. The molecule has 32 heavy (non-hydrogen) atoms. The highest BCUT2D eigenvalue weighted by molar-refractivity contribution is 5.89. The Balaban J connectivity index is 0.000000860. The maximum atomic E-state index is 11.7. The maximum absolute atomic E-state index is 11.7. The molecular formula is C29H36O3. The quantitative estimate of drug-likeness (QED) is 0.377. The number of methoxy groups -OCH3 is 1. The molecule has 3 nitrogen and oxygen atoms in total. The van der Waals surface area contributed by atoms with E-state index >= 15 is 0 Å². The highest BCUT2D eigenvalue weighted by Gasteiger charge is 2.40. The van der Waals surface area contributed by atoms with Crippen molar-refractivity contribution in [1.82, 2.24) is 0 Å². The lowest BCUT2D eigenvalue weighted by atomic mass is 9.60. The molecule has 0 bridgehead atoms. The lowest BCUT2D eigenvalue weighted by Gasteiger charge is -2.43. The van der Waals surface area contributed by atoms with E-state index in [1.165, 1.54) is 24.7 Å². The smallest absolute Gasteiger partial charge is 0.337 e. The van der Waals surface area contributed by atoms with Gasteiger partial charge in [-0.1, -0.05) is 88.7 Å². The number of hydrogen-bond donors (Lipinski definition) is 0. The van der Waals surface area contributed by atoms with Crippen LogP contribution in [0.5, 0.6) is 5.75 Å². The number of carbonyl (C=O) groups excluding carboxylic acids is 1. The number of esters is 1. The predicted octanol–water partition coefficient (Wildman–Crippen LogP) is 7.57. The van der Waals surface area contributed by atoms with Gasteiger partial charge in [-0.15, -0.1) is 0 Å². The highest BCUT2D eigenvalue weighted by atomic mass is 16.5. The Hall–Kier alpha value is -3.07. The molecular weight excluding hydrogens is 396 g/mol. The van der Waals surface area contributed by atoms with E-state index in [-0.39, 0.29) is 11.4 Å². The lowest BCUT2D eigenvalue weighted by Crippen LogP contribution is -2.35. The number of rotatable bonds is 6. The Morgan fingerprint density at radius 1 is 0.781 bits per heavy atom. The van der Waals surface area contributed by atoms with Crippen molar-refractivity contribution in [3.63, 3.8) is 0 Å². The number of hydrogen-bond acceptors (Lipinski definition) is 3. The minimum Gasteiger partial charge on any atom is -0.489 e. The van der Waals surface area contributed by atoms with Crippen LogP contribution in [0.4, 0.5) is 0 Å². The molecule has 0 heterocycles. The molecule has 3 aromatic carbocycles. The van der Waals surface area contributed by atoms with E-state index in [4.69, 9.17) is 9.47 Å². The zero-order valence-corrected chi connectivity index (χ0v) is 20.1. The normalized spacial score (nSPS) is 13.3. The van der Waals surface area contributed by atoms with Crippen LogP contribution in [0.15, 0.2) is 78.9 Å². The summed E-state index contributed by atoms with van der Waals surface area (Å²) in [6.07, 6.45) is 3.45.